The van der Waals surface area contributed by atoms with E-state index in [0.29, 0.717) is 0 Å². The molecule has 2 nitrogen and oxygen atoms in total. The number of benzene rings is 1. The van der Waals surface area contributed by atoms with Crippen LogP contribution < -0.4 is 0 Å². The minimum absolute atomic E-state index is 0.768. The Hall–Kier alpha value is -1.75. The number of oxazole rings is 1. The van der Waals surface area contributed by atoms with E-state index in [1.54, 1.807) is 0 Å². The highest BCUT2D eigenvalue weighted by Crippen LogP contribution is 2.12. The molecule has 0 bridgehead atoms. The molecule has 0 aliphatic rings. The van der Waals surface area contributed by atoms with E-state index in [0.717, 1.165) is 16.7 Å². The van der Waals surface area contributed by atoms with Crippen molar-refractivity contribution in [2.24, 2.45) is 0 Å². The molecule has 0 atom stereocenters. The number of aromatic nitrogens is 1. The summed E-state index contributed by atoms with van der Waals surface area (Å²) < 4.78 is 5.04. The van der Waals surface area contributed by atoms with E-state index in [4.69, 9.17) is 10.8 Å². The number of rotatable bonds is 0. The first kappa shape index (κ1) is 5.99. The van der Waals surface area contributed by atoms with Crippen LogP contribution in [0.15, 0.2) is 29.0 Å². The molecule has 0 saturated heterocycles. The van der Waals surface area contributed by atoms with Crippen LogP contribution in [0, 0.1) is 12.3 Å². The van der Waals surface area contributed by atoms with E-state index in [9.17, 15) is 0 Å². The fourth-order valence-electron chi connectivity index (χ4n) is 0.948. The summed E-state index contributed by atoms with van der Waals surface area (Å²) >= 11 is 0. The molecule has 11 heavy (non-hydrogen) atoms. The summed E-state index contributed by atoms with van der Waals surface area (Å²) in [6.07, 6.45) is 6.61. The van der Waals surface area contributed by atoms with Crippen molar-refractivity contribution in [3.63, 3.8) is 0 Å². The minimum Gasteiger partial charge on any atom is -0.443 e. The largest absolute Gasteiger partial charge is 0.443 e. The van der Waals surface area contributed by atoms with Crippen LogP contribution in [0.3, 0.4) is 0 Å². The van der Waals surface area contributed by atoms with Gasteiger partial charge in [0.15, 0.2) is 12.0 Å². The highest BCUT2D eigenvalue weighted by atomic mass is 16.3. The molecule has 2 aromatic rings. The maximum atomic E-state index is 5.20. The molecule has 0 N–H and O–H groups in total. The van der Waals surface area contributed by atoms with Crippen LogP contribution in [-0.4, -0.2) is 4.98 Å². The van der Waals surface area contributed by atoms with Gasteiger partial charge in [-0.05, 0) is 18.2 Å². The van der Waals surface area contributed by atoms with Crippen molar-refractivity contribution in [1.29, 1.82) is 0 Å². The SMILES string of the molecule is C#Cc1ccc2ocnc2c1. The summed E-state index contributed by atoms with van der Waals surface area (Å²) in [4.78, 5) is 3.97. The first-order valence-electron chi connectivity index (χ1n) is 3.20. The zero-order chi connectivity index (χ0) is 7.68. The third-order valence-corrected chi connectivity index (χ3v) is 1.50. The maximum Gasteiger partial charge on any atom is 0.181 e. The molecular weight excluding hydrogens is 138 g/mol. The molecule has 0 unspecified atom stereocenters. The Morgan fingerprint density at radius 2 is 2.36 bits per heavy atom. The van der Waals surface area contributed by atoms with Crippen molar-refractivity contribution >= 4 is 11.1 Å². The van der Waals surface area contributed by atoms with E-state index < -0.39 is 0 Å². The third-order valence-electron chi connectivity index (χ3n) is 1.50. The maximum absolute atomic E-state index is 5.20. The van der Waals surface area contributed by atoms with Gasteiger partial charge in [0.25, 0.3) is 0 Å². The fraction of sp³-hybridized carbons (Fsp3) is 0. The highest BCUT2D eigenvalue weighted by molar-refractivity contribution is 5.73. The average Bonchev–Trinajstić information content (AvgIpc) is 2.50. The summed E-state index contributed by atoms with van der Waals surface area (Å²) in [5, 5.41) is 0. The summed E-state index contributed by atoms with van der Waals surface area (Å²) in [6, 6.07) is 5.46. The van der Waals surface area contributed by atoms with E-state index in [2.05, 4.69) is 10.9 Å². The third kappa shape index (κ3) is 0.870. The minimum atomic E-state index is 0.768. The normalized spacial score (nSPS) is 9.73. The van der Waals surface area contributed by atoms with Crippen LogP contribution >= 0.6 is 0 Å². The van der Waals surface area contributed by atoms with Gasteiger partial charge in [-0.2, -0.15) is 0 Å². The Balaban J connectivity index is 2.79. The average molecular weight is 143 g/mol. The lowest BCUT2D eigenvalue weighted by Gasteiger charge is -1.87. The highest BCUT2D eigenvalue weighted by Gasteiger charge is 1.96. The smallest absolute Gasteiger partial charge is 0.181 e. The summed E-state index contributed by atoms with van der Waals surface area (Å²) in [7, 11) is 0. The molecule has 0 aliphatic carbocycles. The second kappa shape index (κ2) is 2.14. The van der Waals surface area contributed by atoms with Gasteiger partial charge in [0.05, 0.1) is 0 Å². The van der Waals surface area contributed by atoms with Gasteiger partial charge in [0.2, 0.25) is 0 Å². The van der Waals surface area contributed by atoms with Gasteiger partial charge in [-0.3, -0.25) is 0 Å². The van der Waals surface area contributed by atoms with Crippen molar-refractivity contribution in [1.82, 2.24) is 4.98 Å². The lowest BCUT2D eigenvalue weighted by molar-refractivity contribution is 0.602. The number of nitrogens with zero attached hydrogens (tertiary/aromatic N) is 1. The summed E-state index contributed by atoms with van der Waals surface area (Å²) in [6.45, 7) is 0. The van der Waals surface area contributed by atoms with Crippen molar-refractivity contribution in [3.05, 3.63) is 30.2 Å². The lowest BCUT2D eigenvalue weighted by atomic mass is 10.2. The Kier molecular flexibility index (Phi) is 1.16. The van der Waals surface area contributed by atoms with Crippen LogP contribution in [0.25, 0.3) is 11.1 Å². The molecule has 0 aliphatic heterocycles. The van der Waals surface area contributed by atoms with Gasteiger partial charge in [0.1, 0.15) is 5.52 Å². The van der Waals surface area contributed by atoms with Crippen LogP contribution in [0.1, 0.15) is 5.56 Å². The van der Waals surface area contributed by atoms with Gasteiger partial charge < -0.3 is 4.42 Å². The molecule has 2 rings (SSSR count). The number of fused-ring (bicyclic) bond motifs is 1. The number of hydrogen-bond donors (Lipinski definition) is 0. The van der Waals surface area contributed by atoms with Gasteiger partial charge in [-0.1, -0.05) is 5.92 Å². The fourth-order valence-corrected chi connectivity index (χ4v) is 0.948. The van der Waals surface area contributed by atoms with Crippen molar-refractivity contribution in [2.75, 3.05) is 0 Å². The molecule has 0 spiro atoms. The predicted octanol–water partition coefficient (Wildman–Crippen LogP) is 1.81. The van der Waals surface area contributed by atoms with E-state index >= 15 is 0 Å². The monoisotopic (exact) mass is 143 g/mol. The van der Waals surface area contributed by atoms with Crippen molar-refractivity contribution in [3.8, 4) is 12.3 Å². The zero-order valence-electron chi connectivity index (χ0n) is 5.74. The van der Waals surface area contributed by atoms with Crippen LogP contribution in [0.2, 0.25) is 0 Å². The Bertz CT molecular complexity index is 422. The van der Waals surface area contributed by atoms with Gasteiger partial charge >= 0.3 is 0 Å². The van der Waals surface area contributed by atoms with Crippen molar-refractivity contribution in [2.45, 2.75) is 0 Å². The molecular formula is C9H5NO. The van der Waals surface area contributed by atoms with Gasteiger partial charge in [-0.25, -0.2) is 4.98 Å². The second-order valence-electron chi connectivity index (χ2n) is 2.18. The second-order valence-corrected chi connectivity index (χ2v) is 2.18. The predicted molar refractivity (Wildman–Crippen MR) is 41.9 cm³/mol. The molecule has 1 aromatic carbocycles. The van der Waals surface area contributed by atoms with E-state index in [1.807, 2.05) is 18.2 Å². The molecule has 0 fully saturated rings. The van der Waals surface area contributed by atoms with E-state index in [1.165, 1.54) is 6.39 Å². The first-order chi connectivity index (χ1) is 5.40. The Morgan fingerprint density at radius 3 is 3.18 bits per heavy atom. The Labute approximate surface area is 63.9 Å². The molecule has 0 saturated carbocycles. The number of terminal acetylenes is 1. The van der Waals surface area contributed by atoms with Crippen LogP contribution in [-0.2, 0) is 0 Å². The quantitative estimate of drug-likeness (QED) is 0.525. The molecule has 0 amide bonds. The lowest BCUT2D eigenvalue weighted by Crippen LogP contribution is -1.72. The van der Waals surface area contributed by atoms with E-state index in [-0.39, 0.29) is 0 Å². The first-order valence-corrected chi connectivity index (χ1v) is 3.20. The number of hydrogen-bond acceptors (Lipinski definition) is 2. The molecule has 1 heterocycles. The zero-order valence-corrected chi connectivity index (χ0v) is 5.74. The Morgan fingerprint density at radius 1 is 1.45 bits per heavy atom. The topological polar surface area (TPSA) is 26.0 Å². The summed E-state index contributed by atoms with van der Waals surface area (Å²) in [5.41, 5.74) is 2.40. The van der Waals surface area contributed by atoms with Gasteiger partial charge in [0, 0.05) is 5.56 Å². The molecule has 0 radical (unpaired) electrons. The standard InChI is InChI=1S/C9H5NO/c1-2-7-3-4-9-8(5-7)10-6-11-9/h1,3-6H. The molecule has 1 aromatic heterocycles. The summed E-state index contributed by atoms with van der Waals surface area (Å²) in [5.74, 6) is 2.53. The molecule has 2 heteroatoms. The van der Waals surface area contributed by atoms with Crippen molar-refractivity contribution < 1.29 is 4.42 Å². The van der Waals surface area contributed by atoms with Crippen LogP contribution in [0.4, 0.5) is 0 Å². The molecule has 52 valence electrons. The van der Waals surface area contributed by atoms with Crippen LogP contribution in [0.5, 0.6) is 0 Å². The van der Waals surface area contributed by atoms with Gasteiger partial charge in [-0.15, -0.1) is 6.42 Å².